The van der Waals surface area contributed by atoms with E-state index in [9.17, 15) is 0 Å². The molecule has 2 aromatic rings. The maximum absolute atomic E-state index is 6.08. The van der Waals surface area contributed by atoms with Crippen LogP contribution in [0.15, 0.2) is 18.3 Å². The Morgan fingerprint density at radius 1 is 1.09 bits per heavy atom. The van der Waals surface area contributed by atoms with Gasteiger partial charge in [0.2, 0.25) is 0 Å². The Morgan fingerprint density at radius 3 is 2.41 bits per heavy atom. The largest absolute Gasteiger partial charge is 0.496 e. The molecule has 118 valence electrons. The molecular weight excluding hydrogens is 278 g/mol. The van der Waals surface area contributed by atoms with E-state index in [1.54, 1.807) is 13.3 Å². The summed E-state index contributed by atoms with van der Waals surface area (Å²) in [5.41, 5.74) is 2.22. The quantitative estimate of drug-likeness (QED) is 0.902. The lowest BCUT2D eigenvalue weighted by Crippen LogP contribution is -2.02. The minimum Gasteiger partial charge on any atom is -0.496 e. The van der Waals surface area contributed by atoms with Crippen LogP contribution in [0.4, 0.5) is 5.82 Å². The highest BCUT2D eigenvalue weighted by atomic mass is 16.5. The van der Waals surface area contributed by atoms with E-state index in [1.165, 1.54) is 0 Å². The lowest BCUT2D eigenvalue weighted by atomic mass is 9.99. The number of ether oxygens (including phenoxy) is 2. The van der Waals surface area contributed by atoms with Crippen LogP contribution in [0.2, 0.25) is 0 Å². The zero-order valence-corrected chi connectivity index (χ0v) is 14.0. The van der Waals surface area contributed by atoms with Gasteiger partial charge in [-0.25, -0.2) is 9.97 Å². The zero-order chi connectivity index (χ0) is 16.3. The number of rotatable bonds is 5. The smallest absolute Gasteiger partial charge is 0.187 e. The Bertz CT molecular complexity index is 669. The van der Waals surface area contributed by atoms with Crippen LogP contribution in [0, 0.1) is 13.8 Å². The molecule has 0 aliphatic carbocycles. The van der Waals surface area contributed by atoms with Gasteiger partial charge < -0.3 is 14.8 Å². The molecule has 5 nitrogen and oxygen atoms in total. The number of hydrogen-bond acceptors (Lipinski definition) is 5. The van der Waals surface area contributed by atoms with Gasteiger partial charge in [-0.1, -0.05) is 13.8 Å². The monoisotopic (exact) mass is 301 g/mol. The number of nitrogens with zero attached hydrogens (tertiary/aromatic N) is 2. The van der Waals surface area contributed by atoms with E-state index in [2.05, 4.69) is 35.2 Å². The van der Waals surface area contributed by atoms with Crippen LogP contribution in [0.3, 0.4) is 0 Å². The Hall–Kier alpha value is -2.30. The molecule has 1 aromatic heterocycles. The fraction of sp³-hybridized carbons (Fsp3) is 0.412. The van der Waals surface area contributed by atoms with Crippen LogP contribution in [0.5, 0.6) is 17.2 Å². The predicted octanol–water partition coefficient (Wildman–Crippen LogP) is 4.06. The third-order valence-electron chi connectivity index (χ3n) is 3.48. The van der Waals surface area contributed by atoms with E-state index in [0.717, 1.165) is 22.6 Å². The van der Waals surface area contributed by atoms with Gasteiger partial charge in [-0.2, -0.15) is 0 Å². The van der Waals surface area contributed by atoms with Gasteiger partial charge in [0.25, 0.3) is 0 Å². The molecule has 0 radical (unpaired) electrons. The minimum atomic E-state index is 0.337. The molecule has 1 N–H and O–H groups in total. The summed E-state index contributed by atoms with van der Waals surface area (Å²) in [7, 11) is 3.48. The summed E-state index contributed by atoms with van der Waals surface area (Å²) in [6, 6.07) is 4.02. The first-order chi connectivity index (χ1) is 10.5. The maximum atomic E-state index is 6.08. The van der Waals surface area contributed by atoms with Crippen molar-refractivity contribution in [1.29, 1.82) is 0 Å². The highest BCUT2D eigenvalue weighted by Gasteiger charge is 2.15. The first-order valence-corrected chi connectivity index (χ1v) is 7.34. The number of methoxy groups -OCH3 is 1. The van der Waals surface area contributed by atoms with Crippen LogP contribution in [-0.2, 0) is 0 Å². The summed E-state index contributed by atoms with van der Waals surface area (Å²) < 4.78 is 11.5. The van der Waals surface area contributed by atoms with Crippen LogP contribution >= 0.6 is 0 Å². The minimum absolute atomic E-state index is 0.337. The molecular formula is C17H23N3O2. The molecule has 1 heterocycles. The van der Waals surface area contributed by atoms with Crippen LogP contribution in [0.25, 0.3) is 0 Å². The van der Waals surface area contributed by atoms with Crippen molar-refractivity contribution in [2.75, 3.05) is 19.5 Å². The number of aromatic nitrogens is 2. The second kappa shape index (κ2) is 6.64. The summed E-state index contributed by atoms with van der Waals surface area (Å²) in [4.78, 5) is 8.56. The van der Waals surface area contributed by atoms with Gasteiger partial charge in [0.05, 0.1) is 13.3 Å². The van der Waals surface area contributed by atoms with Crippen molar-refractivity contribution < 1.29 is 9.47 Å². The first-order valence-electron chi connectivity index (χ1n) is 7.34. The van der Waals surface area contributed by atoms with Crippen molar-refractivity contribution in [3.05, 3.63) is 35.3 Å². The molecule has 0 unspecified atom stereocenters. The van der Waals surface area contributed by atoms with Gasteiger partial charge in [0, 0.05) is 13.1 Å². The normalized spacial score (nSPS) is 10.7. The highest BCUT2D eigenvalue weighted by Crippen LogP contribution is 2.37. The van der Waals surface area contributed by atoms with E-state index < -0.39 is 0 Å². The van der Waals surface area contributed by atoms with E-state index >= 15 is 0 Å². The van der Waals surface area contributed by atoms with Gasteiger partial charge in [0.15, 0.2) is 11.6 Å². The molecule has 0 amide bonds. The Kier molecular flexibility index (Phi) is 4.85. The topological polar surface area (TPSA) is 56.3 Å². The fourth-order valence-corrected chi connectivity index (χ4v) is 2.28. The molecule has 5 heteroatoms. The average molecular weight is 301 g/mol. The van der Waals surface area contributed by atoms with Crippen molar-refractivity contribution in [2.45, 2.75) is 33.6 Å². The third kappa shape index (κ3) is 3.30. The Labute approximate surface area is 131 Å². The van der Waals surface area contributed by atoms with Gasteiger partial charge in [-0.05, 0) is 37.0 Å². The molecule has 1 aromatic carbocycles. The number of benzene rings is 1. The van der Waals surface area contributed by atoms with Crippen molar-refractivity contribution in [3.8, 4) is 17.2 Å². The van der Waals surface area contributed by atoms with E-state index in [-0.39, 0.29) is 0 Å². The van der Waals surface area contributed by atoms with E-state index in [0.29, 0.717) is 23.3 Å². The molecule has 22 heavy (non-hydrogen) atoms. The Morgan fingerprint density at radius 2 is 1.82 bits per heavy atom. The molecule has 0 saturated carbocycles. The maximum Gasteiger partial charge on any atom is 0.187 e. The number of hydrogen-bond donors (Lipinski definition) is 1. The highest BCUT2D eigenvalue weighted by molar-refractivity contribution is 5.54. The summed E-state index contributed by atoms with van der Waals surface area (Å²) in [6.45, 7) is 8.15. The molecule has 0 saturated heterocycles. The zero-order valence-electron chi connectivity index (χ0n) is 14.0. The van der Waals surface area contributed by atoms with Gasteiger partial charge in [0.1, 0.15) is 17.3 Å². The third-order valence-corrected chi connectivity index (χ3v) is 3.48. The number of anilines is 1. The molecule has 0 aliphatic heterocycles. The van der Waals surface area contributed by atoms with Crippen molar-refractivity contribution in [1.82, 2.24) is 9.97 Å². The van der Waals surface area contributed by atoms with Gasteiger partial charge in [-0.15, -0.1) is 0 Å². The van der Waals surface area contributed by atoms with Crippen molar-refractivity contribution >= 4 is 5.82 Å². The number of aryl methyl sites for hydroxylation is 2. The summed E-state index contributed by atoms with van der Waals surface area (Å²) in [5, 5.41) is 3.04. The molecule has 0 fully saturated rings. The lowest BCUT2D eigenvalue weighted by Gasteiger charge is -2.18. The first kappa shape index (κ1) is 16.1. The SMILES string of the molecule is CNc1nc(C)ncc1Oc1cc(OC)c(C)cc1C(C)C. The molecule has 0 aliphatic rings. The molecule has 2 rings (SSSR count). The van der Waals surface area contributed by atoms with Crippen molar-refractivity contribution in [2.24, 2.45) is 0 Å². The second-order valence-corrected chi connectivity index (χ2v) is 5.50. The van der Waals surface area contributed by atoms with Gasteiger partial charge >= 0.3 is 0 Å². The van der Waals surface area contributed by atoms with Crippen LogP contribution < -0.4 is 14.8 Å². The predicted molar refractivity (Wildman–Crippen MR) is 88.2 cm³/mol. The second-order valence-electron chi connectivity index (χ2n) is 5.50. The standard InChI is InChI=1S/C17H23N3O2/c1-10(2)13-7-11(3)14(21-6)8-15(13)22-16-9-19-12(4)20-17(16)18-5/h7-10H,1-6H3,(H,18,19,20). The summed E-state index contributed by atoms with van der Waals surface area (Å²) in [5.74, 6) is 3.87. The summed E-state index contributed by atoms with van der Waals surface area (Å²) >= 11 is 0. The van der Waals surface area contributed by atoms with Crippen LogP contribution in [-0.4, -0.2) is 24.1 Å². The number of nitrogens with one attached hydrogen (secondary N) is 1. The van der Waals surface area contributed by atoms with E-state index in [1.807, 2.05) is 27.0 Å². The lowest BCUT2D eigenvalue weighted by molar-refractivity contribution is 0.404. The average Bonchev–Trinajstić information content (AvgIpc) is 2.49. The van der Waals surface area contributed by atoms with Crippen LogP contribution in [0.1, 0.15) is 36.7 Å². The van der Waals surface area contributed by atoms with Crippen molar-refractivity contribution in [3.63, 3.8) is 0 Å². The molecule has 0 spiro atoms. The summed E-state index contributed by atoms with van der Waals surface area (Å²) in [6.07, 6.45) is 1.69. The Balaban J connectivity index is 2.48. The van der Waals surface area contributed by atoms with Gasteiger partial charge in [-0.3, -0.25) is 0 Å². The fourth-order valence-electron chi connectivity index (χ4n) is 2.28. The molecule has 0 bridgehead atoms. The van der Waals surface area contributed by atoms with E-state index in [4.69, 9.17) is 9.47 Å². The molecule has 0 atom stereocenters.